The van der Waals surface area contributed by atoms with E-state index in [1.807, 2.05) is 19.9 Å². The Hall–Kier alpha value is -1.86. The van der Waals surface area contributed by atoms with Crippen LogP contribution in [0, 0.1) is 0 Å². The molecule has 0 fully saturated rings. The van der Waals surface area contributed by atoms with Gasteiger partial charge in [-0.25, -0.2) is 0 Å². The topological polar surface area (TPSA) is 96.1 Å². The Morgan fingerprint density at radius 1 is 1.30 bits per heavy atom. The molecular formula is C12H16ClN5O2. The zero-order valence-electron chi connectivity index (χ0n) is 11.2. The van der Waals surface area contributed by atoms with Crippen molar-refractivity contribution in [2.75, 3.05) is 17.2 Å². The molecule has 2 aromatic heterocycles. The minimum absolute atomic E-state index is 0.0640. The lowest BCUT2D eigenvalue weighted by molar-refractivity contribution is 0.233. The molecule has 0 aliphatic carbocycles. The number of rotatable bonds is 6. The Labute approximate surface area is 121 Å². The minimum atomic E-state index is -0.553. The maximum atomic E-state index is 9.23. The summed E-state index contributed by atoms with van der Waals surface area (Å²) >= 11 is 5.85. The van der Waals surface area contributed by atoms with Crippen molar-refractivity contribution in [3.8, 4) is 0 Å². The zero-order chi connectivity index (χ0) is 14.6. The molecule has 0 amide bonds. The third-order valence-electron chi connectivity index (χ3n) is 2.45. The maximum absolute atomic E-state index is 9.23. The van der Waals surface area contributed by atoms with Gasteiger partial charge in [0.2, 0.25) is 17.2 Å². The average molecular weight is 298 g/mol. The van der Waals surface area contributed by atoms with Gasteiger partial charge in [-0.15, -0.1) is 0 Å². The van der Waals surface area contributed by atoms with Crippen LogP contribution in [0.25, 0.3) is 0 Å². The van der Waals surface area contributed by atoms with Crippen LogP contribution in [-0.2, 0) is 6.54 Å². The molecule has 0 bridgehead atoms. The van der Waals surface area contributed by atoms with Crippen LogP contribution in [0.15, 0.2) is 22.8 Å². The van der Waals surface area contributed by atoms with Crippen molar-refractivity contribution >= 4 is 23.5 Å². The van der Waals surface area contributed by atoms with Crippen LogP contribution in [0.1, 0.15) is 19.6 Å². The number of nitrogens with one attached hydrogen (secondary N) is 2. The Bertz CT molecular complexity index is 559. The van der Waals surface area contributed by atoms with E-state index >= 15 is 0 Å². The third kappa shape index (κ3) is 4.07. The van der Waals surface area contributed by atoms with E-state index < -0.39 is 5.54 Å². The molecule has 0 atom stereocenters. The molecular weight excluding hydrogens is 282 g/mol. The van der Waals surface area contributed by atoms with Crippen molar-refractivity contribution < 1.29 is 9.52 Å². The standard InChI is InChI=1S/C12H16ClN5O2/c1-12(2,7-19)18-11-16-9(13)15-10(17-11)14-6-8-4-3-5-20-8/h3-5,19H,6-7H2,1-2H3,(H2,14,15,16,17,18). The van der Waals surface area contributed by atoms with E-state index in [1.165, 1.54) is 0 Å². The zero-order valence-corrected chi connectivity index (χ0v) is 12.0. The minimum Gasteiger partial charge on any atom is -0.467 e. The van der Waals surface area contributed by atoms with Crippen molar-refractivity contribution in [3.63, 3.8) is 0 Å². The Morgan fingerprint density at radius 3 is 2.70 bits per heavy atom. The molecule has 7 nitrogen and oxygen atoms in total. The lowest BCUT2D eigenvalue weighted by Crippen LogP contribution is -2.35. The molecule has 2 aromatic rings. The second-order valence-corrected chi connectivity index (χ2v) is 5.19. The van der Waals surface area contributed by atoms with Crippen LogP contribution in [0.3, 0.4) is 0 Å². The molecule has 0 saturated carbocycles. The highest BCUT2D eigenvalue weighted by Gasteiger charge is 2.18. The second kappa shape index (κ2) is 6.06. The summed E-state index contributed by atoms with van der Waals surface area (Å²) in [4.78, 5) is 12.1. The van der Waals surface area contributed by atoms with E-state index in [0.717, 1.165) is 5.76 Å². The van der Waals surface area contributed by atoms with Crippen LogP contribution in [-0.4, -0.2) is 32.2 Å². The number of nitrogens with zero attached hydrogens (tertiary/aromatic N) is 3. The van der Waals surface area contributed by atoms with Crippen LogP contribution in [0.4, 0.5) is 11.9 Å². The second-order valence-electron chi connectivity index (χ2n) is 4.85. The molecule has 3 N–H and O–H groups in total. The van der Waals surface area contributed by atoms with E-state index in [1.54, 1.807) is 12.3 Å². The van der Waals surface area contributed by atoms with Gasteiger partial charge in [0.05, 0.1) is 25.0 Å². The number of furan rings is 1. The quantitative estimate of drug-likeness (QED) is 0.749. The van der Waals surface area contributed by atoms with Gasteiger partial charge in [-0.2, -0.15) is 15.0 Å². The lowest BCUT2D eigenvalue weighted by Gasteiger charge is -2.23. The summed E-state index contributed by atoms with van der Waals surface area (Å²) in [7, 11) is 0. The fraction of sp³-hybridized carbons (Fsp3) is 0.417. The highest BCUT2D eigenvalue weighted by Crippen LogP contribution is 2.15. The molecule has 20 heavy (non-hydrogen) atoms. The van der Waals surface area contributed by atoms with Gasteiger partial charge < -0.3 is 20.2 Å². The van der Waals surface area contributed by atoms with Crippen LogP contribution in [0.2, 0.25) is 5.28 Å². The summed E-state index contributed by atoms with van der Waals surface area (Å²) in [5.74, 6) is 1.38. The predicted molar refractivity (Wildman–Crippen MR) is 75.7 cm³/mol. The van der Waals surface area contributed by atoms with Gasteiger partial charge in [0.15, 0.2) is 0 Å². The summed E-state index contributed by atoms with van der Waals surface area (Å²) in [6.45, 7) is 4.02. The number of aliphatic hydroxyl groups is 1. The van der Waals surface area contributed by atoms with Gasteiger partial charge in [-0.05, 0) is 37.6 Å². The van der Waals surface area contributed by atoms with Crippen LogP contribution >= 0.6 is 11.6 Å². The number of halogens is 1. The first-order valence-electron chi connectivity index (χ1n) is 6.05. The lowest BCUT2D eigenvalue weighted by atomic mass is 10.1. The molecule has 0 aromatic carbocycles. The summed E-state index contributed by atoms with van der Waals surface area (Å²) < 4.78 is 5.20. The predicted octanol–water partition coefficient (Wildman–Crippen LogP) is 1.91. The maximum Gasteiger partial charge on any atom is 0.229 e. The SMILES string of the molecule is CC(C)(CO)Nc1nc(Cl)nc(NCc2ccco2)n1. The van der Waals surface area contributed by atoms with Crippen molar-refractivity contribution in [1.29, 1.82) is 0 Å². The molecule has 0 radical (unpaired) electrons. The largest absolute Gasteiger partial charge is 0.467 e. The summed E-state index contributed by atoms with van der Waals surface area (Å²) in [6, 6.07) is 3.64. The fourth-order valence-electron chi connectivity index (χ4n) is 1.41. The van der Waals surface area contributed by atoms with Gasteiger partial charge >= 0.3 is 0 Å². The van der Waals surface area contributed by atoms with E-state index in [9.17, 15) is 5.11 Å². The van der Waals surface area contributed by atoms with Crippen molar-refractivity contribution in [1.82, 2.24) is 15.0 Å². The molecule has 0 aliphatic rings. The van der Waals surface area contributed by atoms with E-state index in [0.29, 0.717) is 18.4 Å². The van der Waals surface area contributed by atoms with Gasteiger partial charge in [0.25, 0.3) is 0 Å². The smallest absolute Gasteiger partial charge is 0.229 e. The number of aromatic nitrogens is 3. The molecule has 8 heteroatoms. The Morgan fingerprint density at radius 2 is 2.05 bits per heavy atom. The van der Waals surface area contributed by atoms with Gasteiger partial charge in [0, 0.05) is 0 Å². The number of anilines is 2. The molecule has 0 saturated heterocycles. The summed E-state index contributed by atoms with van der Waals surface area (Å²) in [5, 5.41) is 15.3. The van der Waals surface area contributed by atoms with Crippen molar-refractivity contribution in [2.24, 2.45) is 0 Å². The van der Waals surface area contributed by atoms with E-state index in [-0.39, 0.29) is 11.9 Å². The van der Waals surface area contributed by atoms with Gasteiger partial charge in [0.1, 0.15) is 5.76 Å². The van der Waals surface area contributed by atoms with Crippen molar-refractivity contribution in [3.05, 3.63) is 29.4 Å². The third-order valence-corrected chi connectivity index (χ3v) is 2.62. The first kappa shape index (κ1) is 14.5. The number of hydrogen-bond donors (Lipinski definition) is 3. The highest BCUT2D eigenvalue weighted by molar-refractivity contribution is 6.28. The van der Waals surface area contributed by atoms with E-state index in [2.05, 4.69) is 25.6 Å². The molecule has 2 heterocycles. The molecule has 0 spiro atoms. The average Bonchev–Trinajstić information content (AvgIpc) is 2.88. The van der Waals surface area contributed by atoms with Gasteiger partial charge in [-0.1, -0.05) is 0 Å². The molecule has 108 valence electrons. The Balaban J connectivity index is 2.08. The Kier molecular flexibility index (Phi) is 4.41. The fourth-order valence-corrected chi connectivity index (χ4v) is 1.57. The highest BCUT2D eigenvalue weighted by atomic mass is 35.5. The van der Waals surface area contributed by atoms with Gasteiger partial charge in [-0.3, -0.25) is 0 Å². The van der Waals surface area contributed by atoms with E-state index in [4.69, 9.17) is 16.0 Å². The first-order valence-corrected chi connectivity index (χ1v) is 6.43. The molecule has 2 rings (SSSR count). The van der Waals surface area contributed by atoms with Crippen LogP contribution in [0.5, 0.6) is 0 Å². The van der Waals surface area contributed by atoms with Crippen LogP contribution < -0.4 is 10.6 Å². The molecule has 0 unspecified atom stereocenters. The number of hydrogen-bond acceptors (Lipinski definition) is 7. The monoisotopic (exact) mass is 297 g/mol. The summed E-state index contributed by atoms with van der Waals surface area (Å²) in [6.07, 6.45) is 1.59. The number of aliphatic hydroxyl groups excluding tert-OH is 1. The normalized spacial score (nSPS) is 11.4. The molecule has 0 aliphatic heterocycles. The first-order chi connectivity index (χ1) is 9.48. The summed E-state index contributed by atoms with van der Waals surface area (Å²) in [5.41, 5.74) is -0.553. The van der Waals surface area contributed by atoms with Crippen molar-refractivity contribution in [2.45, 2.75) is 25.9 Å².